The van der Waals surface area contributed by atoms with Crippen molar-refractivity contribution in [1.29, 1.82) is 0 Å². The number of likely N-dealkylation sites (tertiary alicyclic amines) is 1. The summed E-state index contributed by atoms with van der Waals surface area (Å²) in [6, 6.07) is 7.94. The van der Waals surface area contributed by atoms with Gasteiger partial charge in [-0.05, 0) is 43.5 Å². The van der Waals surface area contributed by atoms with Gasteiger partial charge < -0.3 is 5.32 Å². The van der Waals surface area contributed by atoms with Crippen molar-refractivity contribution in [2.24, 2.45) is 11.8 Å². The zero-order chi connectivity index (χ0) is 19.2. The van der Waals surface area contributed by atoms with Gasteiger partial charge in [0.2, 0.25) is 11.0 Å². The fourth-order valence-corrected chi connectivity index (χ4v) is 4.91. The van der Waals surface area contributed by atoms with Crippen molar-refractivity contribution in [3.8, 4) is 0 Å². The molecule has 1 aliphatic rings. The van der Waals surface area contributed by atoms with Crippen LogP contribution in [0.25, 0.3) is 0 Å². The fraction of sp³-hybridized carbons (Fsp3) is 0.526. The summed E-state index contributed by atoms with van der Waals surface area (Å²) < 4.78 is 0.911. The van der Waals surface area contributed by atoms with Crippen molar-refractivity contribution in [2.75, 3.05) is 24.2 Å². The van der Waals surface area contributed by atoms with Crippen LogP contribution < -0.4 is 5.32 Å². The lowest BCUT2D eigenvalue weighted by Crippen LogP contribution is -2.37. The van der Waals surface area contributed by atoms with Crippen LogP contribution in [-0.4, -0.2) is 39.8 Å². The number of hydrogen-bond acceptors (Lipinski definition) is 6. The first-order valence-electron chi connectivity index (χ1n) is 9.24. The number of carbonyl (C=O) groups is 1. The molecular weight excluding hydrogens is 400 g/mol. The zero-order valence-corrected chi connectivity index (χ0v) is 18.0. The minimum atomic E-state index is 0.0307. The normalized spacial score (nSPS) is 16.0. The molecule has 1 aliphatic heterocycles. The van der Waals surface area contributed by atoms with Crippen LogP contribution in [0.1, 0.15) is 32.3 Å². The first-order chi connectivity index (χ1) is 13.0. The Balaban J connectivity index is 1.45. The van der Waals surface area contributed by atoms with Crippen molar-refractivity contribution in [3.05, 3.63) is 34.9 Å². The lowest BCUT2D eigenvalue weighted by molar-refractivity contribution is -0.121. The Bertz CT molecular complexity index is 760. The van der Waals surface area contributed by atoms with Crippen molar-refractivity contribution < 1.29 is 4.79 Å². The molecule has 1 aromatic heterocycles. The quantitative estimate of drug-likeness (QED) is 0.511. The Kier molecular flexibility index (Phi) is 7.52. The first kappa shape index (κ1) is 20.6. The molecule has 3 rings (SSSR count). The summed E-state index contributed by atoms with van der Waals surface area (Å²) in [4.78, 5) is 14.9. The number of anilines is 1. The van der Waals surface area contributed by atoms with Crippen molar-refractivity contribution in [3.63, 3.8) is 0 Å². The molecule has 0 saturated carbocycles. The molecule has 1 amide bonds. The molecule has 0 unspecified atom stereocenters. The lowest BCUT2D eigenvalue weighted by atomic mass is 9.95. The number of benzene rings is 1. The minimum absolute atomic E-state index is 0.0307. The smallest absolute Gasteiger partial charge is 0.229 e. The average Bonchev–Trinajstić information content (AvgIpc) is 3.10. The number of nitrogens with zero attached hydrogens (tertiary/aromatic N) is 3. The summed E-state index contributed by atoms with van der Waals surface area (Å²) in [5.74, 6) is 1.70. The third-order valence-corrected chi connectivity index (χ3v) is 7.25. The zero-order valence-electron chi connectivity index (χ0n) is 15.7. The maximum Gasteiger partial charge on any atom is 0.229 e. The second-order valence-electron chi connectivity index (χ2n) is 7.21. The van der Waals surface area contributed by atoms with Gasteiger partial charge in [0.1, 0.15) is 0 Å². The van der Waals surface area contributed by atoms with Gasteiger partial charge in [-0.3, -0.25) is 9.69 Å². The van der Waals surface area contributed by atoms with E-state index in [9.17, 15) is 4.79 Å². The number of rotatable bonds is 7. The summed E-state index contributed by atoms with van der Waals surface area (Å²) in [5, 5.41) is 12.6. The van der Waals surface area contributed by atoms with Crippen LogP contribution in [0.5, 0.6) is 0 Å². The van der Waals surface area contributed by atoms with Crippen LogP contribution >= 0.6 is 34.7 Å². The lowest BCUT2D eigenvalue weighted by Gasteiger charge is -2.31. The van der Waals surface area contributed by atoms with E-state index < -0.39 is 0 Å². The number of amides is 1. The van der Waals surface area contributed by atoms with Crippen molar-refractivity contribution >= 4 is 45.7 Å². The highest BCUT2D eigenvalue weighted by molar-refractivity contribution is 8.01. The van der Waals surface area contributed by atoms with E-state index in [4.69, 9.17) is 11.6 Å². The molecule has 0 atom stereocenters. The number of aromatic nitrogens is 2. The highest BCUT2D eigenvalue weighted by Gasteiger charge is 2.26. The van der Waals surface area contributed by atoms with E-state index in [2.05, 4.69) is 40.3 Å². The maximum atomic E-state index is 12.5. The van der Waals surface area contributed by atoms with Gasteiger partial charge >= 0.3 is 0 Å². The standard InChI is InChI=1S/C19H25ClN4OS2/c1-13(2)12-26-19-23-22-18(27-19)21-17(25)14-7-9-24(10-8-14)11-15-5-3-4-6-16(15)20/h3-6,13-14H,7-12H2,1-2H3,(H,21,22,25). The average molecular weight is 425 g/mol. The van der Waals surface area contributed by atoms with Gasteiger partial charge in [0.25, 0.3) is 0 Å². The van der Waals surface area contributed by atoms with Crippen molar-refractivity contribution in [1.82, 2.24) is 15.1 Å². The molecule has 2 heterocycles. The number of halogens is 1. The predicted molar refractivity (Wildman–Crippen MR) is 114 cm³/mol. The number of nitrogens with one attached hydrogen (secondary N) is 1. The van der Waals surface area contributed by atoms with Crippen LogP contribution in [0, 0.1) is 11.8 Å². The summed E-state index contributed by atoms with van der Waals surface area (Å²) in [6.07, 6.45) is 1.70. The Morgan fingerprint density at radius 1 is 1.33 bits per heavy atom. The summed E-state index contributed by atoms with van der Waals surface area (Å²) >= 11 is 9.40. The Hall–Kier alpha value is -1.15. The van der Waals surface area contributed by atoms with Gasteiger partial charge in [-0.1, -0.05) is 66.7 Å². The van der Waals surface area contributed by atoms with Crippen LogP contribution in [0.4, 0.5) is 5.13 Å². The number of thioether (sulfide) groups is 1. The van der Waals surface area contributed by atoms with Gasteiger partial charge in [0, 0.05) is 23.2 Å². The van der Waals surface area contributed by atoms with Crippen LogP contribution in [-0.2, 0) is 11.3 Å². The molecular formula is C19H25ClN4OS2. The fourth-order valence-electron chi connectivity index (χ4n) is 2.98. The molecule has 1 N–H and O–H groups in total. The SMILES string of the molecule is CC(C)CSc1nnc(NC(=O)C2CCN(Cc3ccccc3Cl)CC2)s1. The molecule has 1 fully saturated rings. The van der Waals surface area contributed by atoms with Gasteiger partial charge in [0.15, 0.2) is 4.34 Å². The third-order valence-electron chi connectivity index (χ3n) is 4.49. The minimum Gasteiger partial charge on any atom is -0.300 e. The highest BCUT2D eigenvalue weighted by Crippen LogP contribution is 2.28. The third kappa shape index (κ3) is 6.17. The Morgan fingerprint density at radius 2 is 2.07 bits per heavy atom. The van der Waals surface area contributed by atoms with E-state index in [1.54, 1.807) is 11.8 Å². The van der Waals surface area contributed by atoms with E-state index in [1.165, 1.54) is 11.3 Å². The molecule has 27 heavy (non-hydrogen) atoms. The van der Waals surface area contributed by atoms with Crippen LogP contribution in [0.2, 0.25) is 5.02 Å². The van der Waals surface area contributed by atoms with Crippen LogP contribution in [0.3, 0.4) is 0 Å². The van der Waals surface area contributed by atoms with E-state index in [0.717, 1.165) is 53.2 Å². The second-order valence-corrected chi connectivity index (χ2v) is 9.86. The van der Waals surface area contributed by atoms with Gasteiger partial charge in [-0.25, -0.2) is 0 Å². The molecule has 0 aliphatic carbocycles. The molecule has 5 nitrogen and oxygen atoms in total. The van der Waals surface area contributed by atoms with Crippen LogP contribution in [0.15, 0.2) is 28.6 Å². The van der Waals surface area contributed by atoms with Crippen molar-refractivity contribution in [2.45, 2.75) is 37.6 Å². The van der Waals surface area contributed by atoms with E-state index in [-0.39, 0.29) is 11.8 Å². The van der Waals surface area contributed by atoms with E-state index in [0.29, 0.717) is 11.0 Å². The molecule has 1 aromatic carbocycles. The topological polar surface area (TPSA) is 58.1 Å². The Labute approximate surface area is 173 Å². The van der Waals surface area contributed by atoms with Gasteiger partial charge in [0.05, 0.1) is 0 Å². The Morgan fingerprint density at radius 3 is 2.78 bits per heavy atom. The van der Waals surface area contributed by atoms with Gasteiger partial charge in [-0.2, -0.15) is 0 Å². The predicted octanol–water partition coefficient (Wildman–Crippen LogP) is 4.79. The second kappa shape index (κ2) is 9.87. The molecule has 146 valence electrons. The summed E-state index contributed by atoms with van der Waals surface area (Å²) in [7, 11) is 0. The summed E-state index contributed by atoms with van der Waals surface area (Å²) in [5.41, 5.74) is 1.14. The number of carbonyl (C=O) groups excluding carboxylic acids is 1. The molecule has 0 bridgehead atoms. The largest absolute Gasteiger partial charge is 0.300 e. The highest BCUT2D eigenvalue weighted by atomic mass is 35.5. The first-order valence-corrected chi connectivity index (χ1v) is 11.4. The van der Waals surface area contributed by atoms with E-state index in [1.807, 2.05) is 18.2 Å². The van der Waals surface area contributed by atoms with Gasteiger partial charge in [-0.15, -0.1) is 10.2 Å². The monoisotopic (exact) mass is 424 g/mol. The number of piperidine rings is 1. The maximum absolute atomic E-state index is 12.5. The molecule has 0 spiro atoms. The molecule has 8 heteroatoms. The van der Waals surface area contributed by atoms with E-state index >= 15 is 0 Å². The molecule has 2 aromatic rings. The molecule has 1 saturated heterocycles. The summed E-state index contributed by atoms with van der Waals surface area (Å²) in [6.45, 7) is 6.98. The number of hydrogen-bond donors (Lipinski definition) is 1. The molecule has 0 radical (unpaired) electrons.